The van der Waals surface area contributed by atoms with Gasteiger partial charge < -0.3 is 0 Å². The summed E-state index contributed by atoms with van der Waals surface area (Å²) in [6, 6.07) is 12.5. The maximum atomic E-state index is 13.9. The molecule has 6 nitrogen and oxygen atoms in total. The highest BCUT2D eigenvalue weighted by atomic mass is 32.2. The van der Waals surface area contributed by atoms with Crippen molar-refractivity contribution < 1.29 is 16.8 Å². The Morgan fingerprint density at radius 1 is 0.636 bits per heavy atom. The van der Waals surface area contributed by atoms with E-state index in [0.717, 1.165) is 49.7 Å². The largest absolute Gasteiger partial charge is 0.244 e. The lowest BCUT2D eigenvalue weighted by Gasteiger charge is -2.28. The van der Waals surface area contributed by atoms with Crippen LogP contribution in [0.3, 0.4) is 0 Å². The zero-order valence-corrected chi connectivity index (χ0v) is 28.4. The summed E-state index contributed by atoms with van der Waals surface area (Å²) in [7, 11) is -7.83. The summed E-state index contributed by atoms with van der Waals surface area (Å²) >= 11 is 0. The molecular formula is C36H48N2O4S2. The van der Waals surface area contributed by atoms with Gasteiger partial charge in [-0.2, -0.15) is 8.61 Å². The van der Waals surface area contributed by atoms with E-state index in [-0.39, 0.29) is 22.9 Å². The predicted molar refractivity (Wildman–Crippen MR) is 181 cm³/mol. The van der Waals surface area contributed by atoms with E-state index in [0.29, 0.717) is 12.8 Å². The van der Waals surface area contributed by atoms with Gasteiger partial charge in [0, 0.05) is 0 Å². The van der Waals surface area contributed by atoms with Crippen molar-refractivity contribution in [1.82, 2.24) is 8.61 Å². The number of hydrogen-bond acceptors (Lipinski definition) is 4. The SMILES string of the molecule is C=C=C[C@H](CCCCC)N(CC#CCN([C@H](C=C=C)CCCCC)S(=O)(=O)c1ccc(C)cc1)S(=O)(=O)c1ccc(C)cc1. The number of sulfonamides is 2. The van der Waals surface area contributed by atoms with Crippen LogP contribution < -0.4 is 0 Å². The molecule has 0 saturated carbocycles. The standard InChI is InChI=1S/C36H48N2O4S2/c1-7-11-13-19-33(17-9-3)37(43(39,40)35-25-21-31(5)22-26-35)29-15-16-30-38(34(18-10-4)20-14-12-8-2)44(41,42)36-27-23-32(6)24-28-36/h17-18,21-28,33-34H,3-4,7-8,11-14,19-20,29-30H2,1-2,5-6H3/t33-,34-/m1/s1. The number of nitrogens with zero attached hydrogens (tertiary/aromatic N) is 2. The number of benzene rings is 2. The first kappa shape index (κ1) is 37.0. The molecule has 0 aliphatic heterocycles. The fourth-order valence-corrected chi connectivity index (χ4v) is 7.84. The third-order valence-electron chi connectivity index (χ3n) is 7.42. The van der Waals surface area contributed by atoms with Crippen LogP contribution in [-0.4, -0.2) is 50.6 Å². The van der Waals surface area contributed by atoms with Gasteiger partial charge in [-0.25, -0.2) is 16.8 Å². The van der Waals surface area contributed by atoms with Gasteiger partial charge in [0.2, 0.25) is 20.0 Å². The highest BCUT2D eigenvalue weighted by Gasteiger charge is 2.31. The van der Waals surface area contributed by atoms with Crippen molar-refractivity contribution >= 4 is 20.0 Å². The fraction of sp³-hybridized carbons (Fsp3) is 0.444. The summed E-state index contributed by atoms with van der Waals surface area (Å²) in [6.07, 6.45) is 10.2. The van der Waals surface area contributed by atoms with Crippen LogP contribution in [0.2, 0.25) is 0 Å². The van der Waals surface area contributed by atoms with Gasteiger partial charge in [-0.05, 0) is 63.1 Å². The topological polar surface area (TPSA) is 74.8 Å². The van der Waals surface area contributed by atoms with E-state index in [1.807, 2.05) is 13.8 Å². The highest BCUT2D eigenvalue weighted by molar-refractivity contribution is 7.89. The van der Waals surface area contributed by atoms with Crippen molar-refractivity contribution in [1.29, 1.82) is 0 Å². The van der Waals surface area contributed by atoms with Crippen molar-refractivity contribution in [2.45, 2.75) is 101 Å². The normalized spacial score (nSPS) is 13.0. The molecule has 0 unspecified atom stereocenters. The second-order valence-electron chi connectivity index (χ2n) is 10.9. The van der Waals surface area contributed by atoms with Crippen molar-refractivity contribution in [3.05, 3.63) is 96.4 Å². The molecule has 2 aromatic rings. The molecule has 2 aromatic carbocycles. The number of hydrogen-bond donors (Lipinski definition) is 0. The average molecular weight is 637 g/mol. The molecule has 0 radical (unpaired) electrons. The molecule has 0 aliphatic carbocycles. The van der Waals surface area contributed by atoms with E-state index in [1.54, 1.807) is 60.7 Å². The Kier molecular flexibility index (Phi) is 15.7. The third-order valence-corrected chi connectivity index (χ3v) is 11.2. The van der Waals surface area contributed by atoms with Gasteiger partial charge in [0.25, 0.3) is 0 Å². The molecule has 0 amide bonds. The van der Waals surface area contributed by atoms with Crippen LogP contribution in [0, 0.1) is 25.7 Å². The van der Waals surface area contributed by atoms with Crippen LogP contribution in [0.1, 0.15) is 76.3 Å². The number of aryl methyl sites for hydroxylation is 2. The average Bonchev–Trinajstić information content (AvgIpc) is 2.99. The highest BCUT2D eigenvalue weighted by Crippen LogP contribution is 2.24. The lowest BCUT2D eigenvalue weighted by atomic mass is 10.1. The second-order valence-corrected chi connectivity index (χ2v) is 14.7. The molecule has 0 aromatic heterocycles. The van der Waals surface area contributed by atoms with Crippen LogP contribution in [0.4, 0.5) is 0 Å². The maximum Gasteiger partial charge on any atom is 0.244 e. The van der Waals surface area contributed by atoms with E-state index >= 15 is 0 Å². The molecule has 0 spiro atoms. The maximum absolute atomic E-state index is 13.9. The number of unbranched alkanes of at least 4 members (excludes halogenated alkanes) is 4. The summed E-state index contributed by atoms with van der Waals surface area (Å²) in [4.78, 5) is 0.358. The summed E-state index contributed by atoms with van der Waals surface area (Å²) in [5, 5.41) is 0. The molecule has 0 heterocycles. The first-order valence-corrected chi connectivity index (χ1v) is 18.3. The van der Waals surface area contributed by atoms with Crippen LogP contribution in [0.15, 0.2) is 95.1 Å². The molecule has 238 valence electrons. The van der Waals surface area contributed by atoms with Gasteiger partial charge in [0.15, 0.2) is 0 Å². The van der Waals surface area contributed by atoms with E-state index in [1.165, 1.54) is 8.61 Å². The monoisotopic (exact) mass is 636 g/mol. The quantitative estimate of drug-likeness (QED) is 0.0961. The minimum Gasteiger partial charge on any atom is -0.207 e. The first-order chi connectivity index (χ1) is 21.0. The molecule has 0 fully saturated rings. The van der Waals surface area contributed by atoms with Crippen molar-refractivity contribution in [3.8, 4) is 11.8 Å². The van der Waals surface area contributed by atoms with Crippen molar-refractivity contribution in [2.75, 3.05) is 13.1 Å². The third kappa shape index (κ3) is 10.8. The minimum absolute atomic E-state index is 0.110. The smallest absolute Gasteiger partial charge is 0.207 e. The molecule has 2 rings (SSSR count). The summed E-state index contributed by atoms with van der Waals surface area (Å²) in [5.74, 6) is 6.00. The van der Waals surface area contributed by atoms with Gasteiger partial charge in [-0.3, -0.25) is 0 Å². The molecule has 0 saturated heterocycles. The lowest BCUT2D eigenvalue weighted by Crippen LogP contribution is -2.40. The molecule has 8 heteroatoms. The summed E-state index contributed by atoms with van der Waals surface area (Å²) in [5.41, 5.74) is 7.47. The molecule has 0 bridgehead atoms. The molecule has 0 N–H and O–H groups in total. The fourth-order valence-electron chi connectivity index (χ4n) is 4.82. The Morgan fingerprint density at radius 3 is 1.27 bits per heavy atom. The van der Waals surface area contributed by atoms with Gasteiger partial charge in [-0.15, -0.1) is 11.5 Å². The Hall–Kier alpha value is -3.14. The Bertz CT molecular complexity index is 1440. The zero-order chi connectivity index (χ0) is 32.6. The Labute approximate surface area is 267 Å². The van der Waals surface area contributed by atoms with E-state index in [2.05, 4.69) is 50.3 Å². The second kappa shape index (κ2) is 18.6. The molecule has 0 aliphatic rings. The van der Waals surface area contributed by atoms with Gasteiger partial charge in [-0.1, -0.05) is 113 Å². The molecule has 44 heavy (non-hydrogen) atoms. The summed E-state index contributed by atoms with van der Waals surface area (Å²) < 4.78 is 58.3. The Balaban J connectivity index is 2.52. The van der Waals surface area contributed by atoms with Crippen LogP contribution >= 0.6 is 0 Å². The van der Waals surface area contributed by atoms with Crippen molar-refractivity contribution in [2.24, 2.45) is 0 Å². The van der Waals surface area contributed by atoms with Gasteiger partial charge in [0.05, 0.1) is 35.0 Å². The van der Waals surface area contributed by atoms with Crippen LogP contribution in [0.25, 0.3) is 0 Å². The summed E-state index contributed by atoms with van der Waals surface area (Å²) in [6.45, 7) is 15.2. The first-order valence-electron chi connectivity index (χ1n) is 15.4. The van der Waals surface area contributed by atoms with E-state index in [9.17, 15) is 16.8 Å². The lowest BCUT2D eigenvalue weighted by molar-refractivity contribution is 0.364. The van der Waals surface area contributed by atoms with Crippen molar-refractivity contribution in [3.63, 3.8) is 0 Å². The minimum atomic E-state index is -3.92. The Morgan fingerprint density at radius 2 is 0.977 bits per heavy atom. The number of rotatable bonds is 18. The molecular weight excluding hydrogens is 589 g/mol. The van der Waals surface area contributed by atoms with Crippen LogP contribution in [0.5, 0.6) is 0 Å². The van der Waals surface area contributed by atoms with E-state index < -0.39 is 32.1 Å². The van der Waals surface area contributed by atoms with E-state index in [4.69, 9.17) is 0 Å². The van der Waals surface area contributed by atoms with Gasteiger partial charge >= 0.3 is 0 Å². The van der Waals surface area contributed by atoms with Crippen LogP contribution in [-0.2, 0) is 20.0 Å². The van der Waals surface area contributed by atoms with Gasteiger partial charge in [0.1, 0.15) is 0 Å². The zero-order valence-electron chi connectivity index (χ0n) is 26.8. The molecule has 2 atom stereocenters. The predicted octanol–water partition coefficient (Wildman–Crippen LogP) is 7.57.